The van der Waals surface area contributed by atoms with Crippen molar-refractivity contribution in [3.63, 3.8) is 0 Å². The molecule has 0 atom stereocenters. The van der Waals surface area contributed by atoms with Crippen LogP contribution in [0, 0.1) is 41.5 Å². The molecule has 0 radical (unpaired) electrons. The van der Waals surface area contributed by atoms with E-state index in [1.54, 1.807) is 12.1 Å². The Bertz CT molecular complexity index is 1160. The minimum absolute atomic E-state index is 0.296. The van der Waals surface area contributed by atoms with Crippen LogP contribution in [-0.2, 0) is 4.65 Å². The maximum absolute atomic E-state index is 14.1. The fourth-order valence-corrected chi connectivity index (χ4v) is 5.67. The number of aliphatic imine (C=N–C) groups is 1. The van der Waals surface area contributed by atoms with Crippen molar-refractivity contribution in [2.24, 2.45) is 4.99 Å². The van der Waals surface area contributed by atoms with E-state index in [9.17, 15) is 13.2 Å². The average molecular weight is 436 g/mol. The van der Waals surface area contributed by atoms with Crippen LogP contribution in [-0.4, -0.2) is 18.4 Å². The molecule has 0 saturated carbocycles. The van der Waals surface area contributed by atoms with Gasteiger partial charge in [0, 0.05) is 5.69 Å². The van der Waals surface area contributed by atoms with Crippen molar-refractivity contribution < 1.29 is 17.8 Å². The third-order valence-electron chi connectivity index (χ3n) is 6.42. The van der Waals surface area contributed by atoms with Crippen molar-refractivity contribution in [1.29, 1.82) is 0 Å². The number of halogens is 3. The highest BCUT2D eigenvalue weighted by molar-refractivity contribution is 7.09. The molecule has 3 aromatic rings. The third kappa shape index (κ3) is 3.42. The van der Waals surface area contributed by atoms with E-state index in [1.807, 2.05) is 77.9 Å². The molecule has 6 heteroatoms. The van der Waals surface area contributed by atoms with Gasteiger partial charge in [0.15, 0.2) is 0 Å². The number of hydrogen-bond donors (Lipinski definition) is 0. The minimum Gasteiger partial charge on any atom is -0.685 e. The Morgan fingerprint density at radius 1 is 0.719 bits per heavy atom. The molecule has 166 valence electrons. The summed E-state index contributed by atoms with van der Waals surface area (Å²) in [7, 11) is 0. The van der Waals surface area contributed by atoms with Gasteiger partial charge in [-0.3, -0.25) is 0 Å². The summed E-state index contributed by atoms with van der Waals surface area (Å²) in [6.07, 6.45) is -7.14. The van der Waals surface area contributed by atoms with Crippen molar-refractivity contribution in [2.75, 3.05) is 0 Å². The van der Waals surface area contributed by atoms with Gasteiger partial charge in [0.05, 0.1) is 0 Å². The number of aryl methyl sites for hydroxylation is 6. The summed E-state index contributed by atoms with van der Waals surface area (Å²) in [5, 5.41) is 0. The van der Waals surface area contributed by atoms with Gasteiger partial charge >= 0.3 is 6.18 Å². The molecule has 0 fully saturated rings. The van der Waals surface area contributed by atoms with Crippen LogP contribution in [0.5, 0.6) is 0 Å². The van der Waals surface area contributed by atoms with E-state index in [-0.39, 0.29) is 0 Å². The van der Waals surface area contributed by atoms with Gasteiger partial charge in [0.25, 0.3) is 6.35 Å². The van der Waals surface area contributed by atoms with Gasteiger partial charge in [-0.1, -0.05) is 75.8 Å². The maximum Gasteiger partial charge on any atom is 0.464 e. The summed E-state index contributed by atoms with van der Waals surface area (Å²) in [5.74, 6) is -1.20. The molecule has 1 aliphatic rings. The Balaban J connectivity index is 2.23. The lowest BCUT2D eigenvalue weighted by Crippen LogP contribution is -2.74. The number of rotatable bonds is 2. The quantitative estimate of drug-likeness (QED) is 0.511. The first kappa shape index (κ1) is 22.2. The van der Waals surface area contributed by atoms with Gasteiger partial charge in [-0.25, -0.2) is 4.99 Å². The van der Waals surface area contributed by atoms with Crippen molar-refractivity contribution in [2.45, 2.75) is 47.7 Å². The summed E-state index contributed by atoms with van der Waals surface area (Å²) in [4.78, 5) is 3.90. The van der Waals surface area contributed by atoms with E-state index in [0.717, 1.165) is 44.3 Å². The van der Waals surface area contributed by atoms with Crippen LogP contribution in [0.3, 0.4) is 0 Å². The molecule has 0 amide bonds. The van der Waals surface area contributed by atoms with Gasteiger partial charge in [-0.05, 0) is 47.6 Å². The van der Waals surface area contributed by atoms with Crippen molar-refractivity contribution in [3.8, 4) is 0 Å². The molecule has 0 spiro atoms. The SMILES string of the molecule is Cc1cc(C)c([B-]2(c3c(C)cc(C)cc3C)OC(C(F)(F)F)=Nc3ccccc32)c(C)c1. The highest BCUT2D eigenvalue weighted by Gasteiger charge is 2.48. The second kappa shape index (κ2) is 7.54. The Hall–Kier alpha value is -3.02. The molecule has 0 bridgehead atoms. The van der Waals surface area contributed by atoms with Crippen LogP contribution in [0.1, 0.15) is 33.4 Å². The van der Waals surface area contributed by atoms with Crippen LogP contribution in [0.2, 0.25) is 0 Å². The molecule has 0 aliphatic carbocycles. The zero-order chi connectivity index (χ0) is 23.4. The molecule has 3 aromatic carbocycles. The fraction of sp³-hybridized carbons (Fsp3) is 0.269. The molecule has 32 heavy (non-hydrogen) atoms. The Morgan fingerprint density at radius 3 is 1.59 bits per heavy atom. The van der Waals surface area contributed by atoms with Crippen LogP contribution in [0.25, 0.3) is 0 Å². The fourth-order valence-electron chi connectivity index (χ4n) is 5.67. The lowest BCUT2D eigenvalue weighted by atomic mass is 9.25. The Labute approximate surface area is 187 Å². The first-order valence-electron chi connectivity index (χ1n) is 10.7. The van der Waals surface area contributed by atoms with E-state index >= 15 is 0 Å². The van der Waals surface area contributed by atoms with Gasteiger partial charge < -0.3 is 4.65 Å². The molecular weight excluding hydrogens is 410 g/mol. The first-order valence-corrected chi connectivity index (χ1v) is 10.7. The number of fused-ring (bicyclic) bond motifs is 1. The largest absolute Gasteiger partial charge is 0.685 e. The summed E-state index contributed by atoms with van der Waals surface area (Å²) < 4.78 is 48.4. The topological polar surface area (TPSA) is 21.6 Å². The summed E-state index contributed by atoms with van der Waals surface area (Å²) in [6, 6.07) is 15.1. The number of benzene rings is 3. The minimum atomic E-state index is -4.71. The highest BCUT2D eigenvalue weighted by atomic mass is 19.4. The van der Waals surface area contributed by atoms with E-state index in [4.69, 9.17) is 4.65 Å². The van der Waals surface area contributed by atoms with Crippen LogP contribution in [0.4, 0.5) is 18.9 Å². The number of nitrogens with zero attached hydrogens (tertiary/aromatic N) is 1. The molecule has 1 aliphatic heterocycles. The van der Waals surface area contributed by atoms with Crippen LogP contribution in [0.15, 0.2) is 53.5 Å². The molecular formula is C26H26BF3NO-. The monoisotopic (exact) mass is 436 g/mol. The van der Waals surface area contributed by atoms with Gasteiger partial charge in [-0.2, -0.15) is 24.1 Å². The summed E-state index contributed by atoms with van der Waals surface area (Å²) in [5.41, 5.74) is 8.27. The lowest BCUT2D eigenvalue weighted by Gasteiger charge is -2.50. The molecule has 0 unspecified atom stereocenters. The van der Waals surface area contributed by atoms with E-state index in [2.05, 4.69) is 4.99 Å². The van der Waals surface area contributed by atoms with E-state index in [1.165, 1.54) is 0 Å². The second-order valence-corrected chi connectivity index (χ2v) is 9.00. The Morgan fingerprint density at radius 2 is 1.16 bits per heavy atom. The number of para-hydroxylation sites is 1. The zero-order valence-electron chi connectivity index (χ0n) is 19.2. The van der Waals surface area contributed by atoms with E-state index in [0.29, 0.717) is 11.2 Å². The smallest absolute Gasteiger partial charge is 0.464 e. The standard InChI is InChI=1S/C26H26BF3NO/c1-15-11-17(3)23(18(4)12-15)27(24-19(5)13-16(2)14-20(24)6)21-9-7-8-10-22(21)31-25(32-27)26(28,29)30/h7-14H,1-6H3/q-1. The van der Waals surface area contributed by atoms with Crippen molar-refractivity contribution in [1.82, 2.24) is 0 Å². The maximum atomic E-state index is 14.1. The number of hydrogen-bond acceptors (Lipinski definition) is 2. The molecule has 0 saturated heterocycles. The van der Waals surface area contributed by atoms with Crippen molar-refractivity contribution >= 4 is 34.3 Å². The molecule has 0 aromatic heterocycles. The lowest BCUT2D eigenvalue weighted by molar-refractivity contribution is -0.0713. The van der Waals surface area contributed by atoms with Crippen LogP contribution < -0.4 is 16.4 Å². The zero-order valence-corrected chi connectivity index (χ0v) is 19.2. The van der Waals surface area contributed by atoms with Crippen LogP contribution >= 0.6 is 0 Å². The van der Waals surface area contributed by atoms with Gasteiger partial charge in [-0.15, -0.1) is 5.46 Å². The highest BCUT2D eigenvalue weighted by Crippen LogP contribution is 2.32. The first-order chi connectivity index (χ1) is 14.9. The van der Waals surface area contributed by atoms with Gasteiger partial charge in [0.2, 0.25) is 5.90 Å². The second-order valence-electron chi connectivity index (χ2n) is 9.00. The molecule has 2 nitrogen and oxygen atoms in total. The average Bonchev–Trinajstić information content (AvgIpc) is 2.65. The summed E-state index contributed by atoms with van der Waals surface area (Å²) in [6.45, 7) is 11.8. The van der Waals surface area contributed by atoms with Crippen molar-refractivity contribution in [3.05, 3.63) is 81.9 Å². The predicted molar refractivity (Wildman–Crippen MR) is 127 cm³/mol. The summed E-state index contributed by atoms with van der Waals surface area (Å²) >= 11 is 0. The van der Waals surface area contributed by atoms with E-state index < -0.39 is 18.4 Å². The molecule has 4 rings (SSSR count). The number of alkyl halides is 3. The normalized spacial score (nSPS) is 15.1. The molecule has 0 N–H and O–H groups in total. The Kier molecular flexibility index (Phi) is 5.23. The van der Waals surface area contributed by atoms with Gasteiger partial charge in [0.1, 0.15) is 0 Å². The third-order valence-corrected chi connectivity index (χ3v) is 6.42. The predicted octanol–water partition coefficient (Wildman–Crippen LogP) is 5.13. The molecule has 1 heterocycles.